The van der Waals surface area contributed by atoms with E-state index in [1.54, 1.807) is 12.1 Å². The van der Waals surface area contributed by atoms with E-state index in [0.29, 0.717) is 6.54 Å². The van der Waals surface area contributed by atoms with Gasteiger partial charge >= 0.3 is 5.69 Å². The van der Waals surface area contributed by atoms with Crippen LogP contribution in [0.3, 0.4) is 0 Å². The van der Waals surface area contributed by atoms with Gasteiger partial charge in [-0.1, -0.05) is 30.3 Å². The van der Waals surface area contributed by atoms with Crippen molar-refractivity contribution >= 4 is 11.6 Å². The number of benzene rings is 2. The maximum Gasteiger partial charge on any atom is 0.310 e. The lowest BCUT2D eigenvalue weighted by molar-refractivity contribution is -0.385. The maximum absolute atomic E-state index is 12.7. The molecule has 1 heterocycles. The fourth-order valence-corrected chi connectivity index (χ4v) is 3.34. The molecule has 0 aliphatic carbocycles. The molecule has 0 radical (unpaired) electrons. The Hall–Kier alpha value is -2.89. The second kappa shape index (κ2) is 7.56. The number of carbonyl (C=O) groups is 1. The number of ether oxygens (including phenoxy) is 1. The molecule has 1 fully saturated rings. The minimum Gasteiger partial charge on any atom is -0.477 e. The van der Waals surface area contributed by atoms with Gasteiger partial charge in [0.1, 0.15) is 0 Å². The summed E-state index contributed by atoms with van der Waals surface area (Å²) < 4.78 is 5.47. The van der Waals surface area contributed by atoms with Crippen LogP contribution in [0.15, 0.2) is 42.5 Å². The minimum atomic E-state index is -0.506. The van der Waals surface area contributed by atoms with Gasteiger partial charge in [-0.05, 0) is 49.4 Å². The van der Waals surface area contributed by atoms with Gasteiger partial charge < -0.3 is 9.64 Å². The third-order valence-electron chi connectivity index (χ3n) is 4.90. The van der Waals surface area contributed by atoms with Crippen molar-refractivity contribution in [3.05, 3.63) is 69.3 Å². The number of aryl methyl sites for hydroxylation is 2. The normalized spacial score (nSPS) is 16.5. The Bertz CT molecular complexity index is 834. The average molecular weight is 354 g/mol. The summed E-state index contributed by atoms with van der Waals surface area (Å²) in [5.41, 5.74) is 3.43. The second-order valence-corrected chi connectivity index (χ2v) is 6.60. The van der Waals surface area contributed by atoms with E-state index in [2.05, 4.69) is 32.0 Å². The summed E-state index contributed by atoms with van der Waals surface area (Å²) >= 11 is 0. The summed E-state index contributed by atoms with van der Waals surface area (Å²) in [4.78, 5) is 25.0. The third-order valence-corrected chi connectivity index (χ3v) is 4.90. The summed E-state index contributed by atoms with van der Waals surface area (Å²) in [6, 6.07) is 12.4. The van der Waals surface area contributed by atoms with E-state index in [0.717, 1.165) is 18.4 Å². The van der Waals surface area contributed by atoms with Crippen molar-refractivity contribution in [2.45, 2.75) is 32.7 Å². The molecule has 1 aliphatic heterocycles. The Morgan fingerprint density at radius 1 is 1.23 bits per heavy atom. The highest BCUT2D eigenvalue weighted by Crippen LogP contribution is 2.33. The highest BCUT2D eigenvalue weighted by Gasteiger charge is 2.30. The number of rotatable bonds is 5. The molecule has 3 rings (SSSR count). The Labute approximate surface area is 152 Å². The van der Waals surface area contributed by atoms with E-state index in [1.807, 2.05) is 4.90 Å². The predicted octanol–water partition coefficient (Wildman–Crippen LogP) is 3.95. The number of likely N-dealkylation sites (tertiary alicyclic amines) is 1. The third kappa shape index (κ3) is 3.69. The van der Waals surface area contributed by atoms with Crippen LogP contribution in [0.2, 0.25) is 0 Å². The number of para-hydroxylation sites is 2. The molecule has 0 aromatic heterocycles. The van der Waals surface area contributed by atoms with E-state index in [4.69, 9.17) is 4.74 Å². The fraction of sp³-hybridized carbons (Fsp3) is 0.350. The van der Waals surface area contributed by atoms with Crippen molar-refractivity contribution in [3.8, 4) is 5.75 Å². The van der Waals surface area contributed by atoms with E-state index >= 15 is 0 Å². The minimum absolute atomic E-state index is 0.0381. The van der Waals surface area contributed by atoms with Gasteiger partial charge in [0.05, 0.1) is 11.0 Å². The number of nitro groups is 1. The summed E-state index contributed by atoms with van der Waals surface area (Å²) in [5, 5.41) is 11.0. The van der Waals surface area contributed by atoms with Gasteiger partial charge in [0.15, 0.2) is 12.4 Å². The molecule has 6 nitrogen and oxygen atoms in total. The smallest absolute Gasteiger partial charge is 0.310 e. The van der Waals surface area contributed by atoms with Gasteiger partial charge in [0.25, 0.3) is 5.91 Å². The number of nitro benzene ring substituents is 1. The summed E-state index contributed by atoms with van der Waals surface area (Å²) in [5.74, 6) is -0.0309. The number of nitrogens with zero attached hydrogens (tertiary/aromatic N) is 2. The fourth-order valence-electron chi connectivity index (χ4n) is 3.34. The summed E-state index contributed by atoms with van der Waals surface area (Å²) in [6.07, 6.45) is 1.86. The van der Waals surface area contributed by atoms with Crippen molar-refractivity contribution in [1.82, 2.24) is 4.90 Å². The van der Waals surface area contributed by atoms with E-state index < -0.39 is 4.92 Å². The number of hydrogen-bond acceptors (Lipinski definition) is 4. The number of carbonyl (C=O) groups excluding carboxylic acids is 1. The quantitative estimate of drug-likeness (QED) is 0.602. The van der Waals surface area contributed by atoms with Crippen molar-refractivity contribution in [1.29, 1.82) is 0 Å². The SMILES string of the molecule is Cc1ccc([C@H]2CCCN2C(=O)COc2ccccc2[N+](=O)[O-])cc1C. The van der Waals surface area contributed by atoms with Gasteiger partial charge in [0.2, 0.25) is 0 Å². The Kier molecular flexibility index (Phi) is 5.21. The molecule has 1 amide bonds. The molecule has 0 bridgehead atoms. The summed E-state index contributed by atoms with van der Waals surface area (Å²) in [6.45, 7) is 4.61. The monoisotopic (exact) mass is 354 g/mol. The molecule has 0 unspecified atom stereocenters. The molecular formula is C20H22N2O4. The van der Waals surface area contributed by atoms with Crippen LogP contribution in [-0.2, 0) is 4.79 Å². The van der Waals surface area contributed by atoms with Gasteiger partial charge in [-0.25, -0.2) is 0 Å². The molecule has 1 aliphatic rings. The molecule has 26 heavy (non-hydrogen) atoms. The van der Waals surface area contributed by atoms with Crippen molar-refractivity contribution in [2.24, 2.45) is 0 Å². The van der Waals surface area contributed by atoms with E-state index in [9.17, 15) is 14.9 Å². The van der Waals surface area contributed by atoms with Gasteiger partial charge in [0, 0.05) is 12.6 Å². The molecule has 0 N–H and O–H groups in total. The highest BCUT2D eigenvalue weighted by molar-refractivity contribution is 5.78. The number of hydrogen-bond donors (Lipinski definition) is 0. The Morgan fingerprint density at radius 3 is 2.73 bits per heavy atom. The first-order valence-electron chi connectivity index (χ1n) is 8.70. The van der Waals surface area contributed by atoms with Crippen LogP contribution in [-0.4, -0.2) is 28.9 Å². The first kappa shape index (κ1) is 17.9. The van der Waals surface area contributed by atoms with Crippen molar-refractivity contribution < 1.29 is 14.5 Å². The van der Waals surface area contributed by atoms with Crippen LogP contribution < -0.4 is 4.74 Å². The highest BCUT2D eigenvalue weighted by atomic mass is 16.6. The van der Waals surface area contributed by atoms with E-state index in [-0.39, 0.29) is 30.0 Å². The van der Waals surface area contributed by atoms with Crippen molar-refractivity contribution in [2.75, 3.05) is 13.2 Å². The average Bonchev–Trinajstić information content (AvgIpc) is 3.12. The van der Waals surface area contributed by atoms with Crippen molar-refractivity contribution in [3.63, 3.8) is 0 Å². The topological polar surface area (TPSA) is 72.7 Å². The van der Waals surface area contributed by atoms with Crippen LogP contribution in [0.25, 0.3) is 0 Å². The molecule has 2 aromatic rings. The largest absolute Gasteiger partial charge is 0.477 e. The standard InChI is InChI=1S/C20H22N2O4/c1-14-9-10-16(12-15(14)2)17-7-5-11-21(17)20(23)13-26-19-8-4-3-6-18(19)22(24)25/h3-4,6,8-10,12,17H,5,7,11,13H2,1-2H3/t17-/m1/s1. The zero-order chi connectivity index (χ0) is 18.7. The van der Waals surface area contributed by atoms with Crippen LogP contribution >= 0.6 is 0 Å². The molecule has 0 saturated carbocycles. The van der Waals surface area contributed by atoms with Gasteiger partial charge in [-0.15, -0.1) is 0 Å². The molecule has 1 saturated heterocycles. The lowest BCUT2D eigenvalue weighted by Crippen LogP contribution is -2.34. The zero-order valence-electron chi connectivity index (χ0n) is 15.0. The first-order valence-corrected chi connectivity index (χ1v) is 8.70. The van der Waals surface area contributed by atoms with E-state index in [1.165, 1.54) is 23.3 Å². The lowest BCUT2D eigenvalue weighted by atomic mass is 9.99. The van der Waals surface area contributed by atoms with Crippen LogP contribution in [0.1, 0.15) is 35.6 Å². The second-order valence-electron chi connectivity index (χ2n) is 6.60. The molecule has 0 spiro atoms. The molecule has 136 valence electrons. The maximum atomic E-state index is 12.7. The predicted molar refractivity (Wildman–Crippen MR) is 98.2 cm³/mol. The molecule has 2 aromatic carbocycles. The number of amides is 1. The van der Waals surface area contributed by atoms with Gasteiger partial charge in [-0.3, -0.25) is 14.9 Å². The van der Waals surface area contributed by atoms with Crippen LogP contribution in [0.5, 0.6) is 5.75 Å². The molecular weight excluding hydrogens is 332 g/mol. The van der Waals surface area contributed by atoms with Crippen LogP contribution in [0.4, 0.5) is 5.69 Å². The summed E-state index contributed by atoms with van der Waals surface area (Å²) in [7, 11) is 0. The lowest BCUT2D eigenvalue weighted by Gasteiger charge is -2.25. The first-order chi connectivity index (χ1) is 12.5. The Morgan fingerprint density at radius 2 is 2.00 bits per heavy atom. The van der Waals surface area contributed by atoms with Crippen LogP contribution in [0, 0.1) is 24.0 Å². The zero-order valence-corrected chi connectivity index (χ0v) is 15.0. The molecule has 1 atom stereocenters. The molecule has 6 heteroatoms. The Balaban J connectivity index is 1.71. The van der Waals surface area contributed by atoms with Gasteiger partial charge in [-0.2, -0.15) is 0 Å².